The minimum Gasteiger partial charge on any atom is -0.382 e. The molecule has 24 heavy (non-hydrogen) atoms. The maximum absolute atomic E-state index is 12.7. The summed E-state index contributed by atoms with van der Waals surface area (Å²) >= 11 is 0. The van der Waals surface area contributed by atoms with Crippen molar-refractivity contribution in [3.63, 3.8) is 0 Å². The lowest BCUT2D eigenvalue weighted by Crippen LogP contribution is -2.39. The second kappa shape index (κ2) is 7.21. The van der Waals surface area contributed by atoms with E-state index in [0.717, 1.165) is 37.1 Å². The van der Waals surface area contributed by atoms with Gasteiger partial charge in [-0.25, -0.2) is 0 Å². The number of benzene rings is 1. The largest absolute Gasteiger partial charge is 0.391 e. The minimum absolute atomic E-state index is 0.186. The molecule has 6 heteroatoms. The van der Waals surface area contributed by atoms with Gasteiger partial charge in [0.2, 0.25) is 0 Å². The summed E-state index contributed by atoms with van der Waals surface area (Å²) in [6.45, 7) is 0.939. The number of anilines is 2. The summed E-state index contributed by atoms with van der Waals surface area (Å²) in [5.74, 6) is -1.15. The van der Waals surface area contributed by atoms with Crippen molar-refractivity contribution in [2.75, 3.05) is 23.3 Å². The first-order valence-electron chi connectivity index (χ1n) is 8.85. The van der Waals surface area contributed by atoms with Gasteiger partial charge in [0, 0.05) is 36.5 Å². The number of rotatable bonds is 3. The van der Waals surface area contributed by atoms with Crippen molar-refractivity contribution >= 4 is 11.4 Å². The fourth-order valence-corrected chi connectivity index (χ4v) is 3.73. The first-order chi connectivity index (χ1) is 11.4. The summed E-state index contributed by atoms with van der Waals surface area (Å²) in [5.41, 5.74) is 8.01. The molecule has 2 fully saturated rings. The number of hydrogen-bond acceptors (Lipinski definition) is 3. The highest BCUT2D eigenvalue weighted by Crippen LogP contribution is 2.35. The van der Waals surface area contributed by atoms with Crippen molar-refractivity contribution in [3.8, 4) is 0 Å². The van der Waals surface area contributed by atoms with Crippen LogP contribution in [0, 0.1) is 5.92 Å². The summed E-state index contributed by atoms with van der Waals surface area (Å²) in [6.07, 6.45) is 0.621. The van der Waals surface area contributed by atoms with Gasteiger partial charge in [-0.2, -0.15) is 13.2 Å². The average Bonchev–Trinajstić information content (AvgIpc) is 2.57. The summed E-state index contributed by atoms with van der Waals surface area (Å²) in [6, 6.07) is 8.87. The van der Waals surface area contributed by atoms with Gasteiger partial charge in [-0.15, -0.1) is 0 Å². The Balaban J connectivity index is 1.52. The monoisotopic (exact) mass is 341 g/mol. The Morgan fingerprint density at radius 1 is 0.917 bits per heavy atom. The van der Waals surface area contributed by atoms with Gasteiger partial charge in [-0.1, -0.05) is 0 Å². The molecule has 0 atom stereocenters. The van der Waals surface area contributed by atoms with Crippen LogP contribution in [0.3, 0.4) is 0 Å². The predicted octanol–water partition coefficient (Wildman–Crippen LogP) is 4.15. The summed E-state index contributed by atoms with van der Waals surface area (Å²) in [7, 11) is 0. The zero-order valence-electron chi connectivity index (χ0n) is 13.9. The second-order valence-corrected chi connectivity index (χ2v) is 7.11. The van der Waals surface area contributed by atoms with Crippen LogP contribution >= 0.6 is 0 Å². The maximum Gasteiger partial charge on any atom is 0.391 e. The van der Waals surface area contributed by atoms with Gasteiger partial charge in [0.25, 0.3) is 0 Å². The third kappa shape index (κ3) is 4.35. The smallest absolute Gasteiger partial charge is 0.382 e. The highest BCUT2D eigenvalue weighted by atomic mass is 19.4. The van der Waals surface area contributed by atoms with Crippen LogP contribution in [0.4, 0.5) is 24.5 Å². The number of nitrogens with one attached hydrogen (secondary N) is 1. The standard InChI is InChI=1S/C18H26F3N3/c19-18(20,21)13-9-11-24(12-10-13)17-7-5-16(6-8-17)23-15-3-1-14(22)2-4-15/h5-8,13-15,23H,1-4,9-12,22H2. The molecule has 1 aliphatic heterocycles. The number of hydrogen-bond donors (Lipinski definition) is 2. The Hall–Kier alpha value is -1.43. The Bertz CT molecular complexity index is 513. The van der Waals surface area contributed by atoms with Gasteiger partial charge in [0.15, 0.2) is 0 Å². The summed E-state index contributed by atoms with van der Waals surface area (Å²) in [5, 5.41) is 3.54. The van der Waals surface area contributed by atoms with Gasteiger partial charge < -0.3 is 16.0 Å². The Labute approximate surface area is 141 Å². The Morgan fingerprint density at radius 3 is 2.04 bits per heavy atom. The topological polar surface area (TPSA) is 41.3 Å². The fraction of sp³-hybridized carbons (Fsp3) is 0.667. The van der Waals surface area contributed by atoms with Crippen LogP contribution in [0.15, 0.2) is 24.3 Å². The Morgan fingerprint density at radius 2 is 1.50 bits per heavy atom. The molecule has 3 rings (SSSR count). The number of nitrogens with two attached hydrogens (primary N) is 1. The number of nitrogens with zero attached hydrogens (tertiary/aromatic N) is 1. The molecule has 0 radical (unpaired) electrons. The molecule has 3 nitrogen and oxygen atoms in total. The maximum atomic E-state index is 12.7. The van der Waals surface area contributed by atoms with Crippen molar-refractivity contribution in [1.82, 2.24) is 0 Å². The van der Waals surface area contributed by atoms with Gasteiger partial charge in [-0.05, 0) is 62.8 Å². The van der Waals surface area contributed by atoms with Crippen molar-refractivity contribution in [2.45, 2.75) is 56.8 Å². The van der Waals surface area contributed by atoms with E-state index in [-0.39, 0.29) is 12.8 Å². The van der Waals surface area contributed by atoms with E-state index in [1.165, 1.54) is 0 Å². The SMILES string of the molecule is NC1CCC(Nc2ccc(N3CCC(C(F)(F)F)CC3)cc2)CC1. The van der Waals surface area contributed by atoms with Crippen LogP contribution in [0.5, 0.6) is 0 Å². The molecule has 1 aromatic carbocycles. The van der Waals surface area contributed by atoms with Crippen molar-refractivity contribution < 1.29 is 13.2 Å². The average molecular weight is 341 g/mol. The molecule has 1 aliphatic carbocycles. The van der Waals surface area contributed by atoms with E-state index >= 15 is 0 Å². The van der Waals surface area contributed by atoms with Crippen LogP contribution in [0.1, 0.15) is 38.5 Å². The van der Waals surface area contributed by atoms with Gasteiger partial charge in [0.1, 0.15) is 0 Å². The molecule has 0 bridgehead atoms. The molecule has 1 saturated heterocycles. The lowest BCUT2D eigenvalue weighted by molar-refractivity contribution is -0.179. The molecule has 0 unspecified atom stereocenters. The lowest BCUT2D eigenvalue weighted by Gasteiger charge is -2.34. The number of halogens is 3. The molecule has 3 N–H and O–H groups in total. The molecular weight excluding hydrogens is 315 g/mol. The molecule has 1 heterocycles. The molecule has 2 aliphatic rings. The van der Waals surface area contributed by atoms with E-state index in [0.29, 0.717) is 25.2 Å². The zero-order valence-corrected chi connectivity index (χ0v) is 13.9. The van der Waals surface area contributed by atoms with Crippen molar-refractivity contribution in [2.24, 2.45) is 11.7 Å². The van der Waals surface area contributed by atoms with Crippen LogP contribution in [0.2, 0.25) is 0 Å². The molecule has 0 amide bonds. The van der Waals surface area contributed by atoms with E-state index in [4.69, 9.17) is 5.73 Å². The highest BCUT2D eigenvalue weighted by Gasteiger charge is 2.41. The third-order valence-corrected chi connectivity index (χ3v) is 5.33. The number of alkyl halides is 3. The number of piperidine rings is 1. The highest BCUT2D eigenvalue weighted by molar-refractivity contribution is 5.55. The van der Waals surface area contributed by atoms with E-state index in [1.54, 1.807) is 0 Å². The summed E-state index contributed by atoms with van der Waals surface area (Å²) in [4.78, 5) is 2.05. The van der Waals surface area contributed by atoms with E-state index < -0.39 is 12.1 Å². The predicted molar refractivity (Wildman–Crippen MR) is 91.3 cm³/mol. The quantitative estimate of drug-likeness (QED) is 0.868. The van der Waals surface area contributed by atoms with Crippen molar-refractivity contribution in [3.05, 3.63) is 24.3 Å². The summed E-state index contributed by atoms with van der Waals surface area (Å²) < 4.78 is 38.2. The second-order valence-electron chi connectivity index (χ2n) is 7.11. The molecular formula is C18H26F3N3. The molecule has 0 aromatic heterocycles. The molecule has 1 aromatic rings. The van der Waals surface area contributed by atoms with Crippen LogP contribution in [0.25, 0.3) is 0 Å². The van der Waals surface area contributed by atoms with Gasteiger partial charge in [-0.3, -0.25) is 0 Å². The molecule has 1 saturated carbocycles. The molecule has 134 valence electrons. The van der Waals surface area contributed by atoms with Crippen LogP contribution in [-0.4, -0.2) is 31.3 Å². The van der Waals surface area contributed by atoms with Gasteiger partial charge in [0.05, 0.1) is 5.92 Å². The van der Waals surface area contributed by atoms with Crippen LogP contribution in [-0.2, 0) is 0 Å². The van der Waals surface area contributed by atoms with E-state index in [1.807, 2.05) is 29.2 Å². The van der Waals surface area contributed by atoms with Gasteiger partial charge >= 0.3 is 6.18 Å². The minimum atomic E-state index is -4.05. The lowest BCUT2D eigenvalue weighted by atomic mass is 9.91. The van der Waals surface area contributed by atoms with E-state index in [2.05, 4.69) is 5.32 Å². The third-order valence-electron chi connectivity index (χ3n) is 5.33. The zero-order chi connectivity index (χ0) is 17.2. The normalized spacial score (nSPS) is 26.4. The fourth-order valence-electron chi connectivity index (χ4n) is 3.73. The first-order valence-corrected chi connectivity index (χ1v) is 8.85. The first kappa shape index (κ1) is 17.4. The van der Waals surface area contributed by atoms with Crippen LogP contribution < -0.4 is 16.0 Å². The van der Waals surface area contributed by atoms with E-state index in [9.17, 15) is 13.2 Å². The molecule has 0 spiro atoms. The Kier molecular flexibility index (Phi) is 5.23. The van der Waals surface area contributed by atoms with Crippen molar-refractivity contribution in [1.29, 1.82) is 0 Å².